The van der Waals surface area contributed by atoms with Crippen LogP contribution in [0.2, 0.25) is 0 Å². The van der Waals surface area contributed by atoms with Crippen molar-refractivity contribution in [2.24, 2.45) is 0 Å². The van der Waals surface area contributed by atoms with Gasteiger partial charge in [0.1, 0.15) is 0 Å². The third kappa shape index (κ3) is 4.79. The van der Waals surface area contributed by atoms with Crippen molar-refractivity contribution in [3.63, 3.8) is 0 Å². The van der Waals surface area contributed by atoms with E-state index in [0.717, 1.165) is 5.56 Å². The molecule has 0 atom stereocenters. The summed E-state index contributed by atoms with van der Waals surface area (Å²) in [5.41, 5.74) is 2.21. The minimum atomic E-state index is -1.03. The van der Waals surface area contributed by atoms with Crippen molar-refractivity contribution in [2.75, 3.05) is 25.1 Å². The van der Waals surface area contributed by atoms with Crippen molar-refractivity contribution in [1.82, 2.24) is 10.3 Å². The van der Waals surface area contributed by atoms with Gasteiger partial charge in [0.25, 0.3) is 0 Å². The fourth-order valence-corrected chi connectivity index (χ4v) is 2.31. The van der Waals surface area contributed by atoms with Crippen LogP contribution in [-0.4, -0.2) is 48.3 Å². The molecule has 8 nitrogen and oxygen atoms in total. The zero-order valence-corrected chi connectivity index (χ0v) is 14.4. The Bertz CT molecular complexity index is 787. The molecule has 1 aromatic carbocycles. The molecular weight excluding hydrogens is 338 g/mol. The second kappa shape index (κ2) is 8.61. The van der Waals surface area contributed by atoms with Crippen molar-refractivity contribution in [3.8, 4) is 11.3 Å². The van der Waals surface area contributed by atoms with Gasteiger partial charge in [0.2, 0.25) is 5.91 Å². The highest BCUT2D eigenvalue weighted by Crippen LogP contribution is 2.22. The molecule has 2 N–H and O–H groups in total. The van der Waals surface area contributed by atoms with E-state index in [1.165, 1.54) is 31.2 Å². The largest absolute Gasteiger partial charge is 0.478 e. The monoisotopic (exact) mass is 357 g/mol. The SMILES string of the molecule is COC(=O)NCCN(C(C)=O)c1ccc(-c2ccc(C(=O)O)cn2)cc1. The number of hydrogen-bond acceptors (Lipinski definition) is 5. The third-order valence-electron chi connectivity index (χ3n) is 3.66. The number of benzene rings is 1. The molecule has 0 fully saturated rings. The number of aromatic nitrogens is 1. The summed E-state index contributed by atoms with van der Waals surface area (Å²) in [6.45, 7) is 2.00. The fourth-order valence-electron chi connectivity index (χ4n) is 2.31. The number of amides is 2. The summed E-state index contributed by atoms with van der Waals surface area (Å²) >= 11 is 0. The number of pyridine rings is 1. The molecule has 26 heavy (non-hydrogen) atoms. The highest BCUT2D eigenvalue weighted by Gasteiger charge is 2.12. The number of hydrogen-bond donors (Lipinski definition) is 2. The summed E-state index contributed by atoms with van der Waals surface area (Å²) in [5.74, 6) is -1.19. The Morgan fingerprint density at radius 2 is 1.85 bits per heavy atom. The van der Waals surface area contributed by atoms with Crippen LogP contribution in [0.25, 0.3) is 11.3 Å². The molecule has 2 amide bonds. The lowest BCUT2D eigenvalue weighted by atomic mass is 10.1. The molecule has 8 heteroatoms. The number of nitrogens with one attached hydrogen (secondary N) is 1. The first kappa shape index (κ1) is 18.9. The Morgan fingerprint density at radius 3 is 2.35 bits per heavy atom. The topological polar surface area (TPSA) is 109 Å². The minimum absolute atomic E-state index is 0.117. The van der Waals surface area contributed by atoms with Gasteiger partial charge in [-0.05, 0) is 24.3 Å². The standard InChI is InChI=1S/C18H19N3O5/c1-12(22)21(10-9-19-18(25)26-2)15-6-3-13(4-7-15)16-8-5-14(11-20-16)17(23)24/h3-8,11H,9-10H2,1-2H3,(H,19,25)(H,23,24). The lowest BCUT2D eigenvalue weighted by Gasteiger charge is -2.21. The van der Waals surface area contributed by atoms with Gasteiger partial charge in [-0.15, -0.1) is 0 Å². The predicted molar refractivity (Wildman–Crippen MR) is 95.1 cm³/mol. The van der Waals surface area contributed by atoms with Crippen LogP contribution in [0.4, 0.5) is 10.5 Å². The Morgan fingerprint density at radius 1 is 1.15 bits per heavy atom. The van der Waals surface area contributed by atoms with Crippen molar-refractivity contribution in [1.29, 1.82) is 0 Å². The number of carbonyl (C=O) groups excluding carboxylic acids is 2. The van der Waals surface area contributed by atoms with Crippen molar-refractivity contribution < 1.29 is 24.2 Å². The summed E-state index contributed by atoms with van der Waals surface area (Å²) in [4.78, 5) is 39.5. The first-order chi connectivity index (χ1) is 12.4. The lowest BCUT2D eigenvalue weighted by molar-refractivity contribution is -0.116. The number of carbonyl (C=O) groups is 3. The molecule has 2 rings (SSSR count). The number of anilines is 1. The second-order valence-electron chi connectivity index (χ2n) is 5.37. The number of rotatable bonds is 6. The van der Waals surface area contributed by atoms with Crippen LogP contribution in [0.3, 0.4) is 0 Å². The van der Waals surface area contributed by atoms with Gasteiger partial charge in [-0.2, -0.15) is 0 Å². The second-order valence-corrected chi connectivity index (χ2v) is 5.37. The molecule has 0 aliphatic rings. The summed E-state index contributed by atoms with van der Waals surface area (Å²) in [6.07, 6.45) is 0.742. The molecule has 136 valence electrons. The van der Waals surface area contributed by atoms with E-state index in [1.54, 1.807) is 30.3 Å². The predicted octanol–water partition coefficient (Wildman–Crippen LogP) is 2.16. The van der Waals surface area contributed by atoms with E-state index < -0.39 is 12.1 Å². The molecule has 0 saturated heterocycles. The number of alkyl carbamates (subject to hydrolysis) is 1. The van der Waals surface area contributed by atoms with Crippen LogP contribution < -0.4 is 10.2 Å². The van der Waals surface area contributed by atoms with E-state index in [2.05, 4.69) is 15.0 Å². The van der Waals surface area contributed by atoms with E-state index in [1.807, 2.05) is 0 Å². The molecular formula is C18H19N3O5. The van der Waals surface area contributed by atoms with Crippen molar-refractivity contribution >= 4 is 23.7 Å². The molecule has 1 heterocycles. The molecule has 0 unspecified atom stereocenters. The van der Waals surface area contributed by atoms with Crippen molar-refractivity contribution in [2.45, 2.75) is 6.92 Å². The van der Waals surface area contributed by atoms with E-state index in [9.17, 15) is 14.4 Å². The third-order valence-corrected chi connectivity index (χ3v) is 3.66. The first-order valence-electron chi connectivity index (χ1n) is 7.82. The van der Waals surface area contributed by atoms with Crippen LogP contribution >= 0.6 is 0 Å². The zero-order chi connectivity index (χ0) is 19.1. The summed E-state index contributed by atoms with van der Waals surface area (Å²) in [6, 6.07) is 10.2. The average molecular weight is 357 g/mol. The molecule has 0 spiro atoms. The Kier molecular flexibility index (Phi) is 6.26. The molecule has 0 aliphatic heterocycles. The smallest absolute Gasteiger partial charge is 0.406 e. The van der Waals surface area contributed by atoms with Gasteiger partial charge in [0.05, 0.1) is 18.4 Å². The van der Waals surface area contributed by atoms with Gasteiger partial charge in [-0.1, -0.05) is 12.1 Å². The number of methoxy groups -OCH3 is 1. The van der Waals surface area contributed by atoms with Crippen LogP contribution in [0.15, 0.2) is 42.6 Å². The van der Waals surface area contributed by atoms with Crippen LogP contribution in [0.5, 0.6) is 0 Å². The fraction of sp³-hybridized carbons (Fsp3) is 0.222. The molecule has 0 saturated carbocycles. The Hall–Kier alpha value is -3.42. The van der Waals surface area contributed by atoms with Gasteiger partial charge in [-0.3, -0.25) is 9.78 Å². The highest BCUT2D eigenvalue weighted by molar-refractivity contribution is 5.92. The molecule has 0 bridgehead atoms. The maximum atomic E-state index is 11.9. The van der Waals surface area contributed by atoms with E-state index in [-0.39, 0.29) is 18.0 Å². The normalized spacial score (nSPS) is 10.1. The Balaban J connectivity index is 2.11. The minimum Gasteiger partial charge on any atom is -0.478 e. The van der Waals surface area contributed by atoms with E-state index in [0.29, 0.717) is 17.9 Å². The van der Waals surface area contributed by atoms with Gasteiger partial charge in [0.15, 0.2) is 0 Å². The maximum Gasteiger partial charge on any atom is 0.406 e. The summed E-state index contributed by atoms with van der Waals surface area (Å²) < 4.78 is 4.49. The van der Waals surface area contributed by atoms with Crippen LogP contribution in [0.1, 0.15) is 17.3 Å². The highest BCUT2D eigenvalue weighted by atomic mass is 16.5. The average Bonchev–Trinajstić information content (AvgIpc) is 2.65. The van der Waals surface area contributed by atoms with Gasteiger partial charge in [0, 0.05) is 37.5 Å². The molecule has 0 aliphatic carbocycles. The lowest BCUT2D eigenvalue weighted by Crippen LogP contribution is -2.37. The quantitative estimate of drug-likeness (QED) is 0.820. The summed E-state index contributed by atoms with van der Waals surface area (Å²) in [5, 5.41) is 11.4. The van der Waals surface area contributed by atoms with Crippen LogP contribution in [-0.2, 0) is 9.53 Å². The maximum absolute atomic E-state index is 11.9. The van der Waals surface area contributed by atoms with E-state index >= 15 is 0 Å². The zero-order valence-electron chi connectivity index (χ0n) is 14.4. The van der Waals surface area contributed by atoms with Gasteiger partial charge in [-0.25, -0.2) is 9.59 Å². The van der Waals surface area contributed by atoms with Crippen LogP contribution in [0, 0.1) is 0 Å². The molecule has 0 radical (unpaired) electrons. The van der Waals surface area contributed by atoms with Gasteiger partial charge < -0.3 is 20.1 Å². The summed E-state index contributed by atoms with van der Waals surface area (Å²) in [7, 11) is 1.27. The number of aromatic carboxylic acids is 1. The first-order valence-corrected chi connectivity index (χ1v) is 7.82. The number of ether oxygens (including phenoxy) is 1. The molecule has 2 aromatic rings. The van der Waals surface area contributed by atoms with E-state index in [4.69, 9.17) is 5.11 Å². The number of nitrogens with zero attached hydrogens (tertiary/aromatic N) is 2. The Labute approximate surface area is 150 Å². The van der Waals surface area contributed by atoms with Crippen molar-refractivity contribution in [3.05, 3.63) is 48.2 Å². The van der Waals surface area contributed by atoms with Gasteiger partial charge >= 0.3 is 12.1 Å². The number of carboxylic acid groups (broad SMARTS) is 1. The number of carboxylic acids is 1. The molecule has 1 aromatic heterocycles.